The number of carbonyl (C=O) groups excluding carboxylic acids is 2. The highest BCUT2D eigenvalue weighted by atomic mass is 19.1. The second-order valence-corrected chi connectivity index (χ2v) is 9.88. The largest absolute Gasteiger partial charge is 0.493 e. The van der Waals surface area contributed by atoms with Crippen molar-refractivity contribution in [3.63, 3.8) is 0 Å². The van der Waals surface area contributed by atoms with Gasteiger partial charge in [0.25, 0.3) is 5.91 Å². The number of aromatic nitrogens is 3. The topological polar surface area (TPSA) is 131 Å². The summed E-state index contributed by atoms with van der Waals surface area (Å²) in [5.74, 6) is -0.422. The first-order valence-corrected chi connectivity index (χ1v) is 11.9. The SMILES string of the molecule is CCC(=N)NC(=O)c1cc2c(n3cnnc13)N(C(=O)OC(C)(C)C)Cc1c(F)ccc3c1[C@H](CO3)CO2. The third-order valence-electron chi connectivity index (χ3n) is 6.11. The van der Waals surface area contributed by atoms with Crippen molar-refractivity contribution in [3.05, 3.63) is 47.0 Å². The molecule has 1 atom stereocenters. The molecular formula is C25H27FN6O5. The van der Waals surface area contributed by atoms with Crippen molar-refractivity contribution < 1.29 is 28.2 Å². The summed E-state index contributed by atoms with van der Waals surface area (Å²) < 4.78 is 34.3. The van der Waals surface area contributed by atoms with Gasteiger partial charge in [0.2, 0.25) is 0 Å². The summed E-state index contributed by atoms with van der Waals surface area (Å²) in [6, 6.07) is 4.34. The maximum absolute atomic E-state index is 15.2. The van der Waals surface area contributed by atoms with E-state index in [0.29, 0.717) is 23.3 Å². The van der Waals surface area contributed by atoms with Gasteiger partial charge in [0.1, 0.15) is 23.5 Å². The summed E-state index contributed by atoms with van der Waals surface area (Å²) >= 11 is 0. The van der Waals surface area contributed by atoms with Gasteiger partial charge in [-0.3, -0.25) is 19.5 Å². The molecule has 1 aromatic carbocycles. The standard InChI is InChI=1S/C25H27FN6O5/c1-5-19(27)29-22(33)14-8-18-23(32-12-28-30-21(14)32)31(24(34)37-25(2,3)4)9-15-16(26)6-7-17-20(15)13(10-35-17)11-36-18/h6-8,12-13H,5,9-11H2,1-4H3,(H2,27,29,33)/t13-/m1/s1. The predicted molar refractivity (Wildman–Crippen MR) is 131 cm³/mol. The van der Waals surface area contributed by atoms with E-state index in [1.54, 1.807) is 33.8 Å². The summed E-state index contributed by atoms with van der Waals surface area (Å²) in [5.41, 5.74) is 0.326. The van der Waals surface area contributed by atoms with Crippen LogP contribution in [0.5, 0.6) is 11.5 Å². The second kappa shape index (κ2) is 9.02. The number of halogens is 1. The van der Waals surface area contributed by atoms with Gasteiger partial charge < -0.3 is 19.5 Å². The lowest BCUT2D eigenvalue weighted by atomic mass is 9.95. The minimum absolute atomic E-state index is 0.0315. The summed E-state index contributed by atoms with van der Waals surface area (Å²) in [7, 11) is 0. The Morgan fingerprint density at radius 3 is 2.68 bits per heavy atom. The van der Waals surface area contributed by atoms with Gasteiger partial charge in [0, 0.05) is 23.6 Å². The van der Waals surface area contributed by atoms with Crippen LogP contribution in [0.25, 0.3) is 5.65 Å². The van der Waals surface area contributed by atoms with Gasteiger partial charge in [-0.1, -0.05) is 6.92 Å². The van der Waals surface area contributed by atoms with E-state index in [0.717, 1.165) is 0 Å². The molecule has 4 heterocycles. The lowest BCUT2D eigenvalue weighted by molar-refractivity contribution is 0.0574. The normalized spacial score (nSPS) is 16.5. The van der Waals surface area contributed by atoms with Gasteiger partial charge in [-0.05, 0) is 32.9 Å². The highest BCUT2D eigenvalue weighted by molar-refractivity contribution is 6.09. The zero-order valence-electron chi connectivity index (χ0n) is 20.9. The maximum Gasteiger partial charge on any atom is 0.416 e. The van der Waals surface area contributed by atoms with Crippen LogP contribution in [0, 0.1) is 11.2 Å². The van der Waals surface area contributed by atoms with Gasteiger partial charge in [-0.25, -0.2) is 9.18 Å². The summed E-state index contributed by atoms with van der Waals surface area (Å²) in [6.45, 7) is 7.14. The fraction of sp³-hybridized carbons (Fsp3) is 0.400. The van der Waals surface area contributed by atoms with E-state index in [-0.39, 0.29) is 54.3 Å². The van der Waals surface area contributed by atoms with Crippen molar-refractivity contribution in [1.29, 1.82) is 5.41 Å². The van der Waals surface area contributed by atoms with E-state index in [9.17, 15) is 9.59 Å². The van der Waals surface area contributed by atoms with E-state index < -0.39 is 23.4 Å². The van der Waals surface area contributed by atoms with Crippen molar-refractivity contribution in [1.82, 2.24) is 19.9 Å². The van der Waals surface area contributed by atoms with Crippen LogP contribution in [0.2, 0.25) is 0 Å². The molecule has 0 aliphatic carbocycles. The van der Waals surface area contributed by atoms with Crippen LogP contribution in [0.4, 0.5) is 15.0 Å². The number of anilines is 1. The first-order valence-electron chi connectivity index (χ1n) is 11.9. The average molecular weight is 511 g/mol. The predicted octanol–water partition coefficient (Wildman–Crippen LogP) is 3.80. The molecule has 194 valence electrons. The van der Waals surface area contributed by atoms with E-state index in [1.165, 1.54) is 27.8 Å². The quantitative estimate of drug-likeness (QED) is 0.396. The summed E-state index contributed by atoms with van der Waals surface area (Å²) in [4.78, 5) is 27.8. The molecule has 12 heteroatoms. The first-order chi connectivity index (χ1) is 17.6. The smallest absolute Gasteiger partial charge is 0.416 e. The van der Waals surface area contributed by atoms with E-state index in [2.05, 4.69) is 15.5 Å². The highest BCUT2D eigenvalue weighted by Gasteiger charge is 2.37. The van der Waals surface area contributed by atoms with E-state index >= 15 is 4.39 Å². The number of pyridine rings is 1. The molecule has 0 saturated carbocycles. The van der Waals surface area contributed by atoms with E-state index in [4.69, 9.17) is 19.6 Å². The number of rotatable bonds is 2. The number of amides is 2. The molecule has 2 aliphatic heterocycles. The molecule has 0 bridgehead atoms. The van der Waals surface area contributed by atoms with Crippen LogP contribution in [0.15, 0.2) is 24.5 Å². The van der Waals surface area contributed by atoms with Crippen LogP contribution in [0.1, 0.15) is 61.5 Å². The van der Waals surface area contributed by atoms with Crippen LogP contribution >= 0.6 is 0 Å². The molecule has 0 saturated heterocycles. The lowest BCUT2D eigenvalue weighted by Gasteiger charge is -2.29. The van der Waals surface area contributed by atoms with Gasteiger partial charge in [-0.2, -0.15) is 0 Å². The Morgan fingerprint density at radius 2 is 1.97 bits per heavy atom. The Hall–Kier alpha value is -4.22. The molecule has 0 fully saturated rings. The van der Waals surface area contributed by atoms with Crippen LogP contribution < -0.4 is 19.7 Å². The monoisotopic (exact) mass is 510 g/mol. The zero-order valence-corrected chi connectivity index (χ0v) is 20.9. The summed E-state index contributed by atoms with van der Waals surface area (Å²) in [6.07, 6.45) is 0.928. The van der Waals surface area contributed by atoms with Gasteiger partial charge in [-0.15, -0.1) is 10.2 Å². The number of nitrogens with zero attached hydrogens (tertiary/aromatic N) is 4. The Balaban J connectivity index is 1.72. The molecule has 0 spiro atoms. The number of ether oxygens (including phenoxy) is 3. The first kappa shape index (κ1) is 24.5. The van der Waals surface area contributed by atoms with Crippen LogP contribution in [0.3, 0.4) is 0 Å². The number of amidine groups is 1. The minimum atomic E-state index is -0.841. The summed E-state index contributed by atoms with van der Waals surface area (Å²) in [5, 5.41) is 18.4. The average Bonchev–Trinajstić information content (AvgIpc) is 3.48. The number of nitrogens with one attached hydrogen (secondary N) is 2. The Morgan fingerprint density at radius 1 is 1.24 bits per heavy atom. The minimum Gasteiger partial charge on any atom is -0.493 e. The number of fused-ring (bicyclic) bond motifs is 3. The van der Waals surface area contributed by atoms with Crippen molar-refractivity contribution in [2.45, 2.75) is 52.2 Å². The molecule has 0 unspecified atom stereocenters. The fourth-order valence-corrected chi connectivity index (χ4v) is 4.43. The van der Waals surface area contributed by atoms with Gasteiger partial charge in [0.05, 0.1) is 37.1 Å². The number of benzene rings is 1. The number of hydrogen-bond acceptors (Lipinski definition) is 8. The zero-order chi connectivity index (χ0) is 26.5. The molecule has 2 N–H and O–H groups in total. The molecule has 0 radical (unpaired) electrons. The van der Waals surface area contributed by atoms with Crippen molar-refractivity contribution in [3.8, 4) is 11.5 Å². The van der Waals surface area contributed by atoms with Crippen molar-refractivity contribution in [2.24, 2.45) is 0 Å². The third kappa shape index (κ3) is 4.43. The molecule has 11 nitrogen and oxygen atoms in total. The molecule has 3 aromatic rings. The Kier molecular flexibility index (Phi) is 5.97. The maximum atomic E-state index is 15.2. The molecule has 2 aliphatic rings. The molecule has 2 aromatic heterocycles. The molecule has 37 heavy (non-hydrogen) atoms. The molecule has 2 amide bonds. The molecular weight excluding hydrogens is 483 g/mol. The molecule has 5 rings (SSSR count). The van der Waals surface area contributed by atoms with Crippen molar-refractivity contribution >= 4 is 29.3 Å². The van der Waals surface area contributed by atoms with Crippen molar-refractivity contribution in [2.75, 3.05) is 18.1 Å². The Bertz CT molecular complexity index is 1430. The van der Waals surface area contributed by atoms with Crippen LogP contribution in [-0.4, -0.2) is 51.2 Å². The van der Waals surface area contributed by atoms with Crippen LogP contribution in [-0.2, 0) is 11.3 Å². The highest BCUT2D eigenvalue weighted by Crippen LogP contribution is 2.43. The Labute approximate surface area is 212 Å². The van der Waals surface area contributed by atoms with Gasteiger partial charge >= 0.3 is 6.09 Å². The lowest BCUT2D eigenvalue weighted by Crippen LogP contribution is -2.38. The third-order valence-corrected chi connectivity index (χ3v) is 6.11. The second-order valence-electron chi connectivity index (χ2n) is 9.88. The number of carbonyl (C=O) groups is 2. The fourth-order valence-electron chi connectivity index (χ4n) is 4.43. The number of hydrogen-bond donors (Lipinski definition) is 2. The van der Waals surface area contributed by atoms with E-state index in [1.807, 2.05) is 0 Å². The van der Waals surface area contributed by atoms with Gasteiger partial charge in [0.15, 0.2) is 17.2 Å².